The predicted molar refractivity (Wildman–Crippen MR) is 176 cm³/mol. The summed E-state index contributed by atoms with van der Waals surface area (Å²) in [5.74, 6) is -2.44. The first kappa shape index (κ1) is 34.1. The Hall–Kier alpha value is -3.29. The van der Waals surface area contributed by atoms with Crippen LogP contribution in [-0.4, -0.2) is 78.0 Å². The molecular weight excluding hydrogens is 604 g/mol. The number of aliphatic hydroxyl groups is 1. The molecule has 1 amide bonds. The molecule has 0 aliphatic carbocycles. The third-order valence-electron chi connectivity index (χ3n) is 8.45. The maximum atomic E-state index is 12.0. The summed E-state index contributed by atoms with van der Waals surface area (Å²) in [5.41, 5.74) is 1.67. The summed E-state index contributed by atoms with van der Waals surface area (Å²) in [6.45, 7) is 9.90. The van der Waals surface area contributed by atoms with E-state index in [-0.39, 0.29) is 33.9 Å². The fourth-order valence-corrected chi connectivity index (χ4v) is 6.53. The Bertz CT molecular complexity index is 1450. The molecule has 0 bridgehead atoms. The monoisotopic (exact) mass is 648 g/mol. The summed E-state index contributed by atoms with van der Waals surface area (Å²) < 4.78 is 38.2. The second-order valence-corrected chi connectivity index (χ2v) is 14.7. The summed E-state index contributed by atoms with van der Waals surface area (Å²) in [6, 6.07) is 25.1. The van der Waals surface area contributed by atoms with Crippen molar-refractivity contribution in [2.75, 3.05) is 38.0 Å². The van der Waals surface area contributed by atoms with Crippen LogP contribution in [0.4, 0.5) is 11.4 Å². The molecule has 1 fully saturated rings. The third kappa shape index (κ3) is 6.72. The fraction of sp³-hybridized carbons (Fsp3) is 0.457. The third-order valence-corrected chi connectivity index (χ3v) is 9.48. The Balaban J connectivity index is 1.60. The van der Waals surface area contributed by atoms with Crippen LogP contribution >= 0.6 is 0 Å². The van der Waals surface area contributed by atoms with Gasteiger partial charge in [-0.2, -0.15) is 0 Å². The van der Waals surface area contributed by atoms with E-state index >= 15 is 0 Å². The van der Waals surface area contributed by atoms with Crippen molar-refractivity contribution < 1.29 is 38.0 Å². The van der Waals surface area contributed by atoms with Gasteiger partial charge in [-0.15, -0.1) is 0 Å². The molecule has 0 unspecified atom stereocenters. The van der Waals surface area contributed by atoms with E-state index in [4.69, 9.17) is 28.1 Å². The van der Waals surface area contributed by atoms with Crippen LogP contribution in [-0.2, 0) is 33.8 Å². The van der Waals surface area contributed by atoms with Crippen molar-refractivity contribution in [3.63, 3.8) is 0 Å². The Morgan fingerprint density at radius 1 is 0.957 bits per heavy atom. The number of amides is 1. The zero-order chi connectivity index (χ0) is 33.2. The SMILES string of the molecule is CO[C@@]1(C)O[C@H]([C@H](O)CNc2ccc3c(c2)NC(=O)CO3)[C@H](C(O[Si]C(C)(C)C)(c2ccccc2)c2ccccc2)O[C@]1(C)OC. The van der Waals surface area contributed by atoms with E-state index in [1.165, 1.54) is 7.11 Å². The fourth-order valence-electron chi connectivity index (χ4n) is 5.71. The number of carbonyl (C=O) groups is 1. The number of carbonyl (C=O) groups excluding carboxylic acids is 1. The van der Waals surface area contributed by atoms with Crippen LogP contribution in [0, 0.1) is 0 Å². The quantitative estimate of drug-likeness (QED) is 0.244. The Kier molecular flexibility index (Phi) is 9.95. The van der Waals surface area contributed by atoms with Gasteiger partial charge in [-0.1, -0.05) is 81.4 Å². The van der Waals surface area contributed by atoms with E-state index in [2.05, 4.69) is 31.4 Å². The molecule has 1 saturated heterocycles. The molecule has 46 heavy (non-hydrogen) atoms. The molecule has 0 aromatic heterocycles. The minimum atomic E-state index is -1.40. The minimum Gasteiger partial charge on any atom is -0.482 e. The van der Waals surface area contributed by atoms with Gasteiger partial charge in [0.05, 0.1) is 5.69 Å². The highest BCUT2D eigenvalue weighted by Gasteiger charge is 2.63. The van der Waals surface area contributed by atoms with Gasteiger partial charge >= 0.3 is 0 Å². The zero-order valence-corrected chi connectivity index (χ0v) is 28.5. The van der Waals surface area contributed by atoms with Crippen molar-refractivity contribution in [3.8, 4) is 5.75 Å². The summed E-state index contributed by atoms with van der Waals surface area (Å²) in [6.07, 6.45) is -3.03. The number of rotatable bonds is 11. The lowest BCUT2D eigenvalue weighted by Gasteiger charge is -2.57. The lowest BCUT2D eigenvalue weighted by molar-refractivity contribution is -0.463. The van der Waals surface area contributed by atoms with E-state index in [0.29, 0.717) is 17.1 Å². The Labute approximate surface area is 273 Å². The van der Waals surface area contributed by atoms with Crippen LogP contribution in [0.15, 0.2) is 78.9 Å². The topological polar surface area (TPSA) is 117 Å². The average Bonchev–Trinajstić information content (AvgIpc) is 3.05. The normalized spacial score (nSPS) is 25.6. The van der Waals surface area contributed by atoms with Crippen molar-refractivity contribution in [3.05, 3.63) is 90.0 Å². The number of methoxy groups -OCH3 is 2. The van der Waals surface area contributed by atoms with Gasteiger partial charge in [0.25, 0.3) is 5.91 Å². The highest BCUT2D eigenvalue weighted by Crippen LogP contribution is 2.50. The van der Waals surface area contributed by atoms with Crippen molar-refractivity contribution in [1.29, 1.82) is 0 Å². The number of hydrogen-bond acceptors (Lipinski definition) is 9. The summed E-state index contributed by atoms with van der Waals surface area (Å²) in [7, 11) is 3.11. The first-order valence-corrected chi connectivity index (χ1v) is 16.3. The average molecular weight is 649 g/mol. The summed E-state index contributed by atoms with van der Waals surface area (Å²) in [5, 5.41) is 18.0. The number of hydrogen-bond donors (Lipinski definition) is 3. The molecule has 10 nitrogen and oxygen atoms in total. The van der Waals surface area contributed by atoms with E-state index in [0.717, 1.165) is 11.1 Å². The predicted octanol–water partition coefficient (Wildman–Crippen LogP) is 5.10. The van der Waals surface area contributed by atoms with Gasteiger partial charge < -0.3 is 43.9 Å². The molecular formula is C35H44N2O8Si. The van der Waals surface area contributed by atoms with Crippen LogP contribution in [0.2, 0.25) is 5.04 Å². The first-order valence-electron chi connectivity index (χ1n) is 15.3. The molecule has 0 spiro atoms. The Morgan fingerprint density at radius 2 is 1.54 bits per heavy atom. The molecule has 3 aromatic rings. The molecule has 2 aliphatic heterocycles. The smallest absolute Gasteiger partial charge is 0.262 e. The minimum absolute atomic E-state index is 0.0278. The van der Waals surface area contributed by atoms with E-state index < -0.39 is 35.5 Å². The molecule has 2 aliphatic rings. The standard InChI is InChI=1S/C35H44N2O8Si/c1-32(2,3)46-45-35(23-14-10-8-11-15-23,24-16-12-9-13-17-24)31-30(43-33(4,40-6)34(5,41-7)44-31)27(38)21-36-25-18-19-28-26(20-25)37-29(39)22-42-28/h8-20,27,30-31,36,38H,21-22H2,1-7H3,(H,37,39)/t27-,30-,31-,33+,34+/m1/s1. The molecule has 2 radical (unpaired) electrons. The molecule has 5 atom stereocenters. The molecule has 11 heteroatoms. The van der Waals surface area contributed by atoms with Gasteiger partial charge in [-0.3, -0.25) is 4.79 Å². The second-order valence-electron chi connectivity index (χ2n) is 12.8. The van der Waals surface area contributed by atoms with E-state index in [9.17, 15) is 9.90 Å². The Morgan fingerprint density at radius 3 is 2.11 bits per heavy atom. The number of nitrogens with one attached hydrogen (secondary N) is 2. The van der Waals surface area contributed by atoms with E-state index in [1.807, 2.05) is 66.7 Å². The van der Waals surface area contributed by atoms with Gasteiger partial charge in [0, 0.05) is 26.5 Å². The highest BCUT2D eigenvalue weighted by molar-refractivity contribution is 6.32. The number of benzene rings is 3. The summed E-state index contributed by atoms with van der Waals surface area (Å²) in [4.78, 5) is 11.9. The van der Waals surface area contributed by atoms with Crippen molar-refractivity contribution in [2.24, 2.45) is 0 Å². The highest BCUT2D eigenvalue weighted by atomic mass is 28.2. The van der Waals surface area contributed by atoms with Gasteiger partial charge in [0.15, 0.2) is 6.61 Å². The second kappa shape index (κ2) is 13.4. The van der Waals surface area contributed by atoms with Crippen LogP contribution in [0.25, 0.3) is 0 Å². The largest absolute Gasteiger partial charge is 0.482 e. The van der Waals surface area contributed by atoms with Crippen molar-refractivity contribution in [1.82, 2.24) is 0 Å². The van der Waals surface area contributed by atoms with Crippen LogP contribution < -0.4 is 15.4 Å². The zero-order valence-electron chi connectivity index (χ0n) is 27.5. The molecule has 5 rings (SSSR count). The lowest BCUT2D eigenvalue weighted by atomic mass is 9.77. The number of fused-ring (bicyclic) bond motifs is 1. The molecule has 246 valence electrons. The summed E-state index contributed by atoms with van der Waals surface area (Å²) >= 11 is 0. The lowest BCUT2D eigenvalue weighted by Crippen LogP contribution is -2.71. The van der Waals surface area contributed by atoms with Crippen LogP contribution in [0.3, 0.4) is 0 Å². The van der Waals surface area contributed by atoms with Crippen molar-refractivity contribution >= 4 is 27.0 Å². The van der Waals surface area contributed by atoms with Crippen LogP contribution in [0.5, 0.6) is 5.75 Å². The molecule has 2 heterocycles. The molecule has 3 aromatic carbocycles. The van der Waals surface area contributed by atoms with Gasteiger partial charge in [-0.05, 0) is 48.2 Å². The number of ether oxygens (including phenoxy) is 5. The number of anilines is 2. The van der Waals surface area contributed by atoms with Crippen LogP contribution in [0.1, 0.15) is 45.7 Å². The van der Waals surface area contributed by atoms with E-state index in [1.54, 1.807) is 33.1 Å². The maximum Gasteiger partial charge on any atom is 0.262 e. The van der Waals surface area contributed by atoms with Gasteiger partial charge in [0.2, 0.25) is 21.3 Å². The number of aliphatic hydroxyl groups excluding tert-OH is 1. The molecule has 3 N–H and O–H groups in total. The van der Waals surface area contributed by atoms with Gasteiger partial charge in [-0.25, -0.2) is 0 Å². The maximum absolute atomic E-state index is 12.0. The molecule has 0 saturated carbocycles. The van der Waals surface area contributed by atoms with Gasteiger partial charge in [0.1, 0.15) is 29.7 Å². The van der Waals surface area contributed by atoms with Crippen molar-refractivity contribution in [2.45, 2.75) is 75.1 Å². The first-order chi connectivity index (χ1) is 21.8.